The highest BCUT2D eigenvalue weighted by molar-refractivity contribution is 5.77. The van der Waals surface area contributed by atoms with Gasteiger partial charge >= 0.3 is 0 Å². The first kappa shape index (κ1) is 15.5. The maximum Gasteiger partial charge on any atom is 0.134 e. The summed E-state index contributed by atoms with van der Waals surface area (Å²) in [4.78, 5) is 4.86. The molecule has 0 N–H and O–H groups in total. The van der Waals surface area contributed by atoms with Crippen LogP contribution in [-0.4, -0.2) is 56.2 Å². The molecule has 120 valence electrons. The van der Waals surface area contributed by atoms with Crippen molar-refractivity contribution in [2.45, 2.75) is 19.4 Å². The van der Waals surface area contributed by atoms with E-state index in [2.05, 4.69) is 42.0 Å². The van der Waals surface area contributed by atoms with Gasteiger partial charge in [-0.3, -0.25) is 9.80 Å². The number of nitrogens with zero attached hydrogens (tertiary/aromatic N) is 2. The van der Waals surface area contributed by atoms with Crippen molar-refractivity contribution in [1.29, 1.82) is 0 Å². The molecule has 0 aliphatic carbocycles. The van der Waals surface area contributed by atoms with Crippen LogP contribution in [0.3, 0.4) is 0 Å². The highest BCUT2D eigenvalue weighted by atomic mass is 16.5. The molecule has 0 unspecified atom stereocenters. The highest BCUT2D eigenvalue weighted by Crippen LogP contribution is 2.26. The van der Waals surface area contributed by atoms with E-state index < -0.39 is 0 Å². The molecule has 0 saturated carbocycles. The smallest absolute Gasteiger partial charge is 0.134 e. The minimum absolute atomic E-state index is 0.303. The third-order valence-electron chi connectivity index (χ3n) is 4.61. The molecule has 22 heavy (non-hydrogen) atoms. The number of benzene rings is 1. The lowest BCUT2D eigenvalue weighted by atomic mass is 10.2. The summed E-state index contributed by atoms with van der Waals surface area (Å²) in [5.74, 6) is 1.05. The van der Waals surface area contributed by atoms with Gasteiger partial charge in [-0.15, -0.1) is 0 Å². The second-order valence-corrected chi connectivity index (χ2v) is 6.15. The number of morpholine rings is 1. The fourth-order valence-corrected chi connectivity index (χ4v) is 2.99. The van der Waals surface area contributed by atoms with Gasteiger partial charge in [0.05, 0.1) is 19.3 Å². The lowest BCUT2D eigenvalue weighted by molar-refractivity contribution is 0.0359. The highest BCUT2D eigenvalue weighted by Gasteiger charge is 2.16. The number of rotatable bonds is 6. The first-order valence-corrected chi connectivity index (χ1v) is 8.23. The zero-order valence-electron chi connectivity index (χ0n) is 13.6. The zero-order chi connectivity index (χ0) is 15.4. The van der Waals surface area contributed by atoms with E-state index in [1.165, 1.54) is 11.8 Å². The zero-order valence-corrected chi connectivity index (χ0v) is 13.6. The van der Waals surface area contributed by atoms with Crippen molar-refractivity contribution in [3.63, 3.8) is 0 Å². The second-order valence-electron chi connectivity index (χ2n) is 6.15. The van der Waals surface area contributed by atoms with Gasteiger partial charge in [-0.1, -0.05) is 18.2 Å². The van der Waals surface area contributed by atoms with Crippen LogP contribution in [0.5, 0.6) is 0 Å². The SMILES string of the molecule is C[C@@H](c1cc2ccccc2o1)N(C)CCCN1CCOCC1. The van der Waals surface area contributed by atoms with Crippen molar-refractivity contribution < 1.29 is 9.15 Å². The van der Waals surface area contributed by atoms with Gasteiger partial charge in [0, 0.05) is 18.5 Å². The molecule has 2 heterocycles. The number of furan rings is 1. The maximum absolute atomic E-state index is 5.98. The fourth-order valence-electron chi connectivity index (χ4n) is 2.99. The molecular weight excluding hydrogens is 276 g/mol. The Balaban J connectivity index is 1.51. The average Bonchev–Trinajstić information content (AvgIpc) is 2.99. The van der Waals surface area contributed by atoms with Gasteiger partial charge in [0.25, 0.3) is 0 Å². The van der Waals surface area contributed by atoms with E-state index in [-0.39, 0.29) is 0 Å². The monoisotopic (exact) mass is 302 g/mol. The van der Waals surface area contributed by atoms with Gasteiger partial charge in [0.2, 0.25) is 0 Å². The number of fused-ring (bicyclic) bond motifs is 1. The molecule has 0 radical (unpaired) electrons. The molecule has 1 fully saturated rings. The molecule has 1 aliphatic heterocycles. The number of hydrogen-bond acceptors (Lipinski definition) is 4. The van der Waals surface area contributed by atoms with Crippen LogP contribution in [0.15, 0.2) is 34.7 Å². The van der Waals surface area contributed by atoms with Crippen LogP contribution in [0.4, 0.5) is 0 Å². The molecule has 2 aromatic rings. The molecule has 4 nitrogen and oxygen atoms in total. The Morgan fingerprint density at radius 1 is 1.23 bits per heavy atom. The molecule has 0 amide bonds. The van der Waals surface area contributed by atoms with Crippen LogP contribution in [0.2, 0.25) is 0 Å². The molecule has 3 rings (SSSR count). The normalized spacial score (nSPS) is 18.1. The topological polar surface area (TPSA) is 28.9 Å². The lowest BCUT2D eigenvalue weighted by Gasteiger charge is -2.28. The summed E-state index contributed by atoms with van der Waals surface area (Å²) in [6.45, 7) is 8.35. The van der Waals surface area contributed by atoms with Crippen molar-refractivity contribution in [3.05, 3.63) is 36.1 Å². The number of para-hydroxylation sites is 1. The molecule has 1 aromatic heterocycles. The summed E-state index contributed by atoms with van der Waals surface area (Å²) in [6, 6.07) is 10.7. The van der Waals surface area contributed by atoms with E-state index in [4.69, 9.17) is 9.15 Å². The molecule has 1 aliphatic rings. The van der Waals surface area contributed by atoms with Gasteiger partial charge in [0.15, 0.2) is 0 Å². The van der Waals surface area contributed by atoms with Crippen LogP contribution in [0, 0.1) is 0 Å². The Hall–Kier alpha value is -1.36. The minimum Gasteiger partial charge on any atom is -0.459 e. The van der Waals surface area contributed by atoms with Crippen LogP contribution in [0.1, 0.15) is 25.1 Å². The third kappa shape index (κ3) is 3.69. The minimum atomic E-state index is 0.303. The molecule has 1 saturated heterocycles. The van der Waals surface area contributed by atoms with Crippen molar-refractivity contribution in [1.82, 2.24) is 9.80 Å². The summed E-state index contributed by atoms with van der Waals surface area (Å²) in [6.07, 6.45) is 1.18. The average molecular weight is 302 g/mol. The van der Waals surface area contributed by atoms with Crippen molar-refractivity contribution in [2.75, 3.05) is 46.4 Å². The van der Waals surface area contributed by atoms with Gasteiger partial charge in [-0.05, 0) is 45.6 Å². The summed E-state index contributed by atoms with van der Waals surface area (Å²) < 4.78 is 11.4. The second kappa shape index (κ2) is 7.27. The first-order chi connectivity index (χ1) is 10.7. The summed E-state index contributed by atoms with van der Waals surface area (Å²) in [5, 5.41) is 1.19. The Morgan fingerprint density at radius 2 is 2.00 bits per heavy atom. The third-order valence-corrected chi connectivity index (χ3v) is 4.61. The van der Waals surface area contributed by atoms with Crippen LogP contribution in [0.25, 0.3) is 11.0 Å². The van der Waals surface area contributed by atoms with E-state index in [9.17, 15) is 0 Å². The van der Waals surface area contributed by atoms with Crippen molar-refractivity contribution in [3.8, 4) is 0 Å². The Labute approximate surface area is 132 Å². The standard InChI is InChI=1S/C18H26N2O2/c1-15(18-14-16-6-3-4-7-17(16)22-18)19(2)8-5-9-20-10-12-21-13-11-20/h3-4,6-7,14-15H,5,8-13H2,1-2H3/t15-/m0/s1. The van der Waals surface area contributed by atoms with Crippen LogP contribution >= 0.6 is 0 Å². The number of ether oxygens (including phenoxy) is 1. The van der Waals surface area contributed by atoms with Crippen molar-refractivity contribution in [2.24, 2.45) is 0 Å². The maximum atomic E-state index is 5.98. The van der Waals surface area contributed by atoms with E-state index in [1.54, 1.807) is 0 Å². The fraction of sp³-hybridized carbons (Fsp3) is 0.556. The first-order valence-electron chi connectivity index (χ1n) is 8.23. The van der Waals surface area contributed by atoms with E-state index in [0.717, 1.165) is 50.7 Å². The predicted octanol–water partition coefficient (Wildman–Crippen LogP) is 3.15. The molecule has 0 spiro atoms. The summed E-state index contributed by atoms with van der Waals surface area (Å²) in [7, 11) is 2.18. The Morgan fingerprint density at radius 3 is 2.77 bits per heavy atom. The largest absolute Gasteiger partial charge is 0.459 e. The van der Waals surface area contributed by atoms with E-state index in [1.807, 2.05) is 12.1 Å². The predicted molar refractivity (Wildman–Crippen MR) is 89.1 cm³/mol. The van der Waals surface area contributed by atoms with Gasteiger partial charge in [-0.25, -0.2) is 0 Å². The lowest BCUT2D eigenvalue weighted by Crippen LogP contribution is -2.38. The van der Waals surface area contributed by atoms with Crippen molar-refractivity contribution >= 4 is 11.0 Å². The Kier molecular flexibility index (Phi) is 5.13. The van der Waals surface area contributed by atoms with Gasteiger partial charge < -0.3 is 9.15 Å². The quantitative estimate of drug-likeness (QED) is 0.819. The van der Waals surface area contributed by atoms with Crippen LogP contribution < -0.4 is 0 Å². The van der Waals surface area contributed by atoms with Crippen LogP contribution in [-0.2, 0) is 4.74 Å². The van der Waals surface area contributed by atoms with Gasteiger partial charge in [-0.2, -0.15) is 0 Å². The van der Waals surface area contributed by atoms with E-state index in [0.29, 0.717) is 6.04 Å². The molecular formula is C18H26N2O2. The van der Waals surface area contributed by atoms with Gasteiger partial charge in [0.1, 0.15) is 11.3 Å². The molecule has 1 aromatic carbocycles. The molecule has 0 bridgehead atoms. The molecule has 4 heteroatoms. The summed E-state index contributed by atoms with van der Waals surface area (Å²) in [5.41, 5.74) is 0.978. The molecule has 1 atom stereocenters. The van der Waals surface area contributed by atoms with E-state index >= 15 is 0 Å². The Bertz CT molecular complexity index is 557. The summed E-state index contributed by atoms with van der Waals surface area (Å²) >= 11 is 0. The number of hydrogen-bond donors (Lipinski definition) is 0.